The second kappa shape index (κ2) is 6.03. The standard InChI is InChI=1S/C15H20N2O4/c1-9-6-11(4-5-13(9)21-3)16-15(20)17-7-10(2)12(8-17)14(18)19/h4-6,10,12H,7-8H2,1-3H3,(H,16,20)(H,18,19)/t10-,12-/m1/s1. The fourth-order valence-corrected chi connectivity index (χ4v) is 2.61. The number of carbonyl (C=O) groups excluding carboxylic acids is 1. The monoisotopic (exact) mass is 292 g/mol. The zero-order valence-corrected chi connectivity index (χ0v) is 12.4. The van der Waals surface area contributed by atoms with Crippen molar-refractivity contribution in [2.24, 2.45) is 11.8 Å². The van der Waals surface area contributed by atoms with Crippen molar-refractivity contribution in [2.75, 3.05) is 25.5 Å². The van der Waals surface area contributed by atoms with Crippen LogP contribution in [-0.2, 0) is 4.79 Å². The maximum Gasteiger partial charge on any atom is 0.321 e. The predicted octanol–water partition coefficient (Wildman–Crippen LogP) is 2.19. The lowest BCUT2D eigenvalue weighted by Crippen LogP contribution is -2.33. The molecule has 1 aliphatic heterocycles. The largest absolute Gasteiger partial charge is 0.496 e. The topological polar surface area (TPSA) is 78.9 Å². The van der Waals surface area contributed by atoms with E-state index < -0.39 is 11.9 Å². The Bertz CT molecular complexity index is 559. The number of methoxy groups -OCH3 is 1. The van der Waals surface area contributed by atoms with Crippen LogP contribution in [-0.4, -0.2) is 42.2 Å². The minimum Gasteiger partial charge on any atom is -0.496 e. The minimum atomic E-state index is -0.849. The highest BCUT2D eigenvalue weighted by Crippen LogP contribution is 2.25. The number of likely N-dealkylation sites (tertiary alicyclic amines) is 1. The number of urea groups is 1. The van der Waals surface area contributed by atoms with Gasteiger partial charge in [-0.2, -0.15) is 0 Å². The van der Waals surface area contributed by atoms with E-state index in [1.807, 2.05) is 19.9 Å². The Labute approximate surface area is 123 Å². The van der Waals surface area contributed by atoms with E-state index in [4.69, 9.17) is 9.84 Å². The van der Waals surface area contributed by atoms with Crippen LogP contribution in [0.5, 0.6) is 5.75 Å². The summed E-state index contributed by atoms with van der Waals surface area (Å²) < 4.78 is 5.17. The van der Waals surface area contributed by atoms with Crippen LogP contribution in [0.15, 0.2) is 18.2 Å². The lowest BCUT2D eigenvalue weighted by atomic mass is 9.99. The number of benzene rings is 1. The van der Waals surface area contributed by atoms with Crippen LogP contribution in [0.2, 0.25) is 0 Å². The fraction of sp³-hybridized carbons (Fsp3) is 0.467. The van der Waals surface area contributed by atoms with E-state index in [1.54, 1.807) is 24.1 Å². The Morgan fingerprint density at radius 2 is 2.10 bits per heavy atom. The molecule has 21 heavy (non-hydrogen) atoms. The molecule has 1 heterocycles. The van der Waals surface area contributed by atoms with E-state index in [2.05, 4.69) is 5.32 Å². The third-order valence-corrected chi connectivity index (χ3v) is 3.86. The molecule has 1 aliphatic rings. The number of anilines is 1. The first-order chi connectivity index (χ1) is 9.92. The van der Waals surface area contributed by atoms with Crippen molar-refractivity contribution in [3.63, 3.8) is 0 Å². The van der Waals surface area contributed by atoms with E-state index in [0.717, 1.165) is 11.3 Å². The normalized spacial score (nSPS) is 21.2. The van der Waals surface area contributed by atoms with E-state index >= 15 is 0 Å². The third kappa shape index (κ3) is 3.26. The molecular weight excluding hydrogens is 272 g/mol. The first-order valence-electron chi connectivity index (χ1n) is 6.85. The summed E-state index contributed by atoms with van der Waals surface area (Å²) in [6.45, 7) is 4.45. The number of nitrogens with one attached hydrogen (secondary N) is 1. The van der Waals surface area contributed by atoms with Gasteiger partial charge in [-0.05, 0) is 36.6 Å². The fourth-order valence-electron chi connectivity index (χ4n) is 2.61. The van der Waals surface area contributed by atoms with Gasteiger partial charge in [-0.3, -0.25) is 4.79 Å². The number of rotatable bonds is 3. The average molecular weight is 292 g/mol. The molecule has 2 atom stereocenters. The van der Waals surface area contributed by atoms with Gasteiger partial charge >= 0.3 is 12.0 Å². The summed E-state index contributed by atoms with van der Waals surface area (Å²) >= 11 is 0. The number of carboxylic acid groups (broad SMARTS) is 1. The molecule has 1 aromatic rings. The van der Waals surface area contributed by atoms with Gasteiger partial charge in [0, 0.05) is 18.8 Å². The maximum absolute atomic E-state index is 12.2. The first kappa shape index (κ1) is 15.2. The number of aryl methyl sites for hydroxylation is 1. The SMILES string of the molecule is COc1ccc(NC(=O)N2C[C@@H](C)[C@H](C(=O)O)C2)cc1C. The molecule has 114 valence electrons. The van der Waals surface area contributed by atoms with E-state index in [1.165, 1.54) is 0 Å². The molecule has 2 N–H and O–H groups in total. The number of hydrogen-bond acceptors (Lipinski definition) is 3. The first-order valence-corrected chi connectivity index (χ1v) is 6.85. The Morgan fingerprint density at radius 1 is 1.38 bits per heavy atom. The van der Waals surface area contributed by atoms with Gasteiger partial charge < -0.3 is 20.1 Å². The van der Waals surface area contributed by atoms with Gasteiger partial charge in [0.2, 0.25) is 0 Å². The highest BCUT2D eigenvalue weighted by molar-refractivity contribution is 5.90. The number of carboxylic acids is 1. The third-order valence-electron chi connectivity index (χ3n) is 3.86. The van der Waals surface area contributed by atoms with Crippen LogP contribution in [0.25, 0.3) is 0 Å². The van der Waals surface area contributed by atoms with Crippen LogP contribution < -0.4 is 10.1 Å². The number of aliphatic carboxylic acids is 1. The lowest BCUT2D eigenvalue weighted by Gasteiger charge is -2.17. The molecule has 0 saturated carbocycles. The number of nitrogens with zero attached hydrogens (tertiary/aromatic N) is 1. The molecule has 0 unspecified atom stereocenters. The lowest BCUT2D eigenvalue weighted by molar-refractivity contribution is -0.142. The average Bonchev–Trinajstić information content (AvgIpc) is 2.81. The molecule has 2 amide bonds. The number of carbonyl (C=O) groups is 2. The predicted molar refractivity (Wildman–Crippen MR) is 78.6 cm³/mol. The number of amides is 2. The number of hydrogen-bond donors (Lipinski definition) is 2. The molecule has 1 aromatic carbocycles. The molecule has 0 bridgehead atoms. The van der Waals surface area contributed by atoms with Gasteiger partial charge in [-0.15, -0.1) is 0 Å². The molecular formula is C15H20N2O4. The van der Waals surface area contributed by atoms with Crippen molar-refractivity contribution in [1.29, 1.82) is 0 Å². The Balaban J connectivity index is 2.02. The second-order valence-electron chi connectivity index (χ2n) is 5.44. The molecule has 1 fully saturated rings. The van der Waals surface area contributed by atoms with Crippen LogP contribution in [0.1, 0.15) is 12.5 Å². The smallest absolute Gasteiger partial charge is 0.321 e. The van der Waals surface area contributed by atoms with E-state index in [0.29, 0.717) is 12.2 Å². The summed E-state index contributed by atoms with van der Waals surface area (Å²) in [5.74, 6) is -0.619. The summed E-state index contributed by atoms with van der Waals surface area (Å²) in [5, 5.41) is 11.9. The Hall–Kier alpha value is -2.24. The highest BCUT2D eigenvalue weighted by Gasteiger charge is 2.36. The zero-order valence-electron chi connectivity index (χ0n) is 12.4. The van der Waals surface area contributed by atoms with Crippen LogP contribution in [0.3, 0.4) is 0 Å². The molecule has 2 rings (SSSR count). The maximum atomic E-state index is 12.2. The van der Waals surface area contributed by atoms with Crippen LogP contribution >= 0.6 is 0 Å². The van der Waals surface area contributed by atoms with E-state index in [-0.39, 0.29) is 18.5 Å². The van der Waals surface area contributed by atoms with Crippen molar-refractivity contribution in [1.82, 2.24) is 4.90 Å². The summed E-state index contributed by atoms with van der Waals surface area (Å²) in [4.78, 5) is 24.8. The molecule has 1 saturated heterocycles. The van der Waals surface area contributed by atoms with Crippen LogP contribution in [0, 0.1) is 18.8 Å². The Morgan fingerprint density at radius 3 is 2.62 bits per heavy atom. The van der Waals surface area contributed by atoms with Crippen molar-refractivity contribution in [2.45, 2.75) is 13.8 Å². The molecule has 0 spiro atoms. The molecule has 6 nitrogen and oxygen atoms in total. The second-order valence-corrected chi connectivity index (χ2v) is 5.44. The van der Waals surface area contributed by atoms with Gasteiger partial charge in [0.15, 0.2) is 0 Å². The summed E-state index contributed by atoms with van der Waals surface area (Å²) in [5.41, 5.74) is 1.60. The molecule has 0 radical (unpaired) electrons. The van der Waals surface area contributed by atoms with Crippen molar-refractivity contribution in [3.05, 3.63) is 23.8 Å². The van der Waals surface area contributed by atoms with Gasteiger partial charge in [-0.25, -0.2) is 4.79 Å². The minimum absolute atomic E-state index is 0.0362. The van der Waals surface area contributed by atoms with Crippen molar-refractivity contribution < 1.29 is 19.4 Å². The zero-order chi connectivity index (χ0) is 15.6. The van der Waals surface area contributed by atoms with Gasteiger partial charge in [0.1, 0.15) is 5.75 Å². The molecule has 0 aromatic heterocycles. The molecule has 6 heteroatoms. The van der Waals surface area contributed by atoms with Gasteiger partial charge in [0.05, 0.1) is 13.0 Å². The van der Waals surface area contributed by atoms with E-state index in [9.17, 15) is 9.59 Å². The van der Waals surface area contributed by atoms with Crippen LogP contribution in [0.4, 0.5) is 10.5 Å². The van der Waals surface area contributed by atoms with Gasteiger partial charge in [0.25, 0.3) is 0 Å². The Kier molecular flexibility index (Phi) is 4.35. The quantitative estimate of drug-likeness (QED) is 0.895. The van der Waals surface area contributed by atoms with Gasteiger partial charge in [-0.1, -0.05) is 6.92 Å². The molecule has 0 aliphatic carbocycles. The van der Waals surface area contributed by atoms with Crippen molar-refractivity contribution in [3.8, 4) is 5.75 Å². The number of ether oxygens (including phenoxy) is 1. The summed E-state index contributed by atoms with van der Waals surface area (Å²) in [6.07, 6.45) is 0. The summed E-state index contributed by atoms with van der Waals surface area (Å²) in [6, 6.07) is 5.11. The summed E-state index contributed by atoms with van der Waals surface area (Å²) in [7, 11) is 1.60. The highest BCUT2D eigenvalue weighted by atomic mass is 16.5. The van der Waals surface area contributed by atoms with Crippen molar-refractivity contribution >= 4 is 17.7 Å².